The van der Waals surface area contributed by atoms with E-state index in [-0.39, 0.29) is 18.0 Å². The standard InChI is InChI=1S/C14H12ClNO5/c1-20-14-7-11(16(18)19)4-5-12(14)21-13-6-10(15)3-2-9(13)8-17/h2-7,17H,8H2,1H3. The lowest BCUT2D eigenvalue weighted by Crippen LogP contribution is -1.96. The molecule has 7 heteroatoms. The number of rotatable bonds is 5. The number of non-ortho nitro benzene ring substituents is 1. The summed E-state index contributed by atoms with van der Waals surface area (Å²) in [4.78, 5) is 10.2. The highest BCUT2D eigenvalue weighted by molar-refractivity contribution is 6.30. The van der Waals surface area contributed by atoms with Crippen LogP contribution in [0, 0.1) is 10.1 Å². The molecule has 0 aliphatic rings. The average Bonchev–Trinajstić information content (AvgIpc) is 2.47. The van der Waals surface area contributed by atoms with Gasteiger partial charge in [-0.3, -0.25) is 10.1 Å². The van der Waals surface area contributed by atoms with E-state index in [0.29, 0.717) is 22.1 Å². The SMILES string of the molecule is COc1cc([N+](=O)[O-])ccc1Oc1cc(Cl)ccc1CO. The van der Waals surface area contributed by atoms with Gasteiger partial charge in [-0.25, -0.2) is 0 Å². The van der Waals surface area contributed by atoms with Crippen LogP contribution in [0.1, 0.15) is 5.56 Å². The van der Waals surface area contributed by atoms with Crippen molar-refractivity contribution in [2.45, 2.75) is 6.61 Å². The van der Waals surface area contributed by atoms with Crippen LogP contribution in [0.4, 0.5) is 5.69 Å². The highest BCUT2D eigenvalue weighted by Gasteiger charge is 2.14. The molecule has 110 valence electrons. The summed E-state index contributed by atoms with van der Waals surface area (Å²) in [7, 11) is 1.39. The van der Waals surface area contributed by atoms with Gasteiger partial charge in [-0.15, -0.1) is 0 Å². The molecule has 6 nitrogen and oxygen atoms in total. The number of halogens is 1. The number of aliphatic hydroxyl groups excluding tert-OH is 1. The smallest absolute Gasteiger partial charge is 0.273 e. The second kappa shape index (κ2) is 6.43. The van der Waals surface area contributed by atoms with Crippen molar-refractivity contribution in [3.63, 3.8) is 0 Å². The molecule has 0 aliphatic carbocycles. The number of nitro groups is 1. The Balaban J connectivity index is 2.39. The Hall–Kier alpha value is -2.31. The van der Waals surface area contributed by atoms with Crippen LogP contribution in [0.3, 0.4) is 0 Å². The average molecular weight is 310 g/mol. The number of methoxy groups -OCH3 is 1. The fraction of sp³-hybridized carbons (Fsp3) is 0.143. The first-order chi connectivity index (χ1) is 10.0. The van der Waals surface area contributed by atoms with Gasteiger partial charge in [0.15, 0.2) is 11.5 Å². The third-order valence-corrected chi connectivity index (χ3v) is 3.01. The van der Waals surface area contributed by atoms with Crippen molar-refractivity contribution in [3.8, 4) is 17.2 Å². The zero-order valence-electron chi connectivity index (χ0n) is 11.1. The predicted molar refractivity (Wildman–Crippen MR) is 77.1 cm³/mol. The molecular weight excluding hydrogens is 298 g/mol. The number of hydrogen-bond acceptors (Lipinski definition) is 5. The van der Waals surface area contributed by atoms with Gasteiger partial charge >= 0.3 is 0 Å². The van der Waals surface area contributed by atoms with E-state index in [1.165, 1.54) is 25.3 Å². The fourth-order valence-corrected chi connectivity index (χ4v) is 1.89. The Kier molecular flexibility index (Phi) is 4.62. The monoisotopic (exact) mass is 309 g/mol. The van der Waals surface area contributed by atoms with Gasteiger partial charge < -0.3 is 14.6 Å². The normalized spacial score (nSPS) is 10.2. The molecule has 0 aromatic heterocycles. The maximum absolute atomic E-state index is 10.7. The first-order valence-corrected chi connectivity index (χ1v) is 6.32. The Morgan fingerprint density at radius 1 is 1.19 bits per heavy atom. The van der Waals surface area contributed by atoms with Gasteiger partial charge in [-0.05, 0) is 18.2 Å². The highest BCUT2D eigenvalue weighted by atomic mass is 35.5. The molecule has 0 fully saturated rings. The van der Waals surface area contributed by atoms with E-state index in [2.05, 4.69) is 0 Å². The summed E-state index contributed by atoms with van der Waals surface area (Å²) < 4.78 is 10.7. The molecule has 2 aromatic carbocycles. The van der Waals surface area contributed by atoms with Crippen molar-refractivity contribution < 1.29 is 19.5 Å². The zero-order valence-corrected chi connectivity index (χ0v) is 11.8. The number of nitrogens with zero attached hydrogens (tertiary/aromatic N) is 1. The Morgan fingerprint density at radius 2 is 1.95 bits per heavy atom. The largest absolute Gasteiger partial charge is 0.493 e. The highest BCUT2D eigenvalue weighted by Crippen LogP contribution is 2.36. The van der Waals surface area contributed by atoms with E-state index >= 15 is 0 Å². The third kappa shape index (κ3) is 3.42. The summed E-state index contributed by atoms with van der Waals surface area (Å²) >= 11 is 5.90. The zero-order chi connectivity index (χ0) is 15.4. The Labute approximate surface area is 125 Å². The van der Waals surface area contributed by atoms with Gasteiger partial charge in [0.1, 0.15) is 5.75 Å². The van der Waals surface area contributed by atoms with Crippen molar-refractivity contribution in [2.75, 3.05) is 7.11 Å². The quantitative estimate of drug-likeness (QED) is 0.674. The van der Waals surface area contributed by atoms with Gasteiger partial charge in [-0.1, -0.05) is 17.7 Å². The van der Waals surface area contributed by atoms with E-state index < -0.39 is 4.92 Å². The molecule has 2 rings (SSSR count). The van der Waals surface area contributed by atoms with Gasteiger partial charge in [0.2, 0.25) is 0 Å². The molecule has 2 aromatic rings. The second-order valence-electron chi connectivity index (χ2n) is 4.10. The van der Waals surface area contributed by atoms with Crippen LogP contribution in [0.25, 0.3) is 0 Å². The topological polar surface area (TPSA) is 81.8 Å². The van der Waals surface area contributed by atoms with E-state index in [1.54, 1.807) is 18.2 Å². The lowest BCUT2D eigenvalue weighted by atomic mass is 10.2. The lowest BCUT2D eigenvalue weighted by molar-refractivity contribution is -0.384. The minimum Gasteiger partial charge on any atom is -0.493 e. The van der Waals surface area contributed by atoms with E-state index in [0.717, 1.165) is 0 Å². The molecule has 0 bridgehead atoms. The van der Waals surface area contributed by atoms with E-state index in [9.17, 15) is 15.2 Å². The summed E-state index contributed by atoms with van der Waals surface area (Å²) in [6.07, 6.45) is 0. The molecule has 0 aliphatic heterocycles. The summed E-state index contributed by atoms with van der Waals surface area (Å²) in [6.45, 7) is -0.220. The van der Waals surface area contributed by atoms with Crippen molar-refractivity contribution in [1.29, 1.82) is 0 Å². The third-order valence-electron chi connectivity index (χ3n) is 2.78. The molecule has 21 heavy (non-hydrogen) atoms. The number of nitro benzene ring substituents is 1. The second-order valence-corrected chi connectivity index (χ2v) is 4.54. The molecule has 0 heterocycles. The van der Waals surface area contributed by atoms with Gasteiger partial charge in [0.05, 0.1) is 24.7 Å². The summed E-state index contributed by atoms with van der Waals surface area (Å²) in [5.74, 6) is 0.866. The molecular formula is C14H12ClNO5. The molecule has 0 radical (unpaired) electrons. The Morgan fingerprint density at radius 3 is 2.57 bits per heavy atom. The van der Waals surface area contributed by atoms with Crippen LogP contribution in [0.5, 0.6) is 17.2 Å². The molecule has 0 atom stereocenters. The first kappa shape index (κ1) is 15.1. The van der Waals surface area contributed by atoms with Crippen molar-refractivity contribution in [1.82, 2.24) is 0 Å². The van der Waals surface area contributed by atoms with Gasteiger partial charge in [0, 0.05) is 16.7 Å². The van der Waals surface area contributed by atoms with Gasteiger partial charge in [0.25, 0.3) is 5.69 Å². The minimum absolute atomic E-state index is 0.104. The summed E-state index contributed by atoms with van der Waals surface area (Å²) in [5.41, 5.74) is 0.437. The van der Waals surface area contributed by atoms with Crippen LogP contribution in [0.2, 0.25) is 5.02 Å². The van der Waals surface area contributed by atoms with Crippen LogP contribution < -0.4 is 9.47 Å². The molecule has 1 N–H and O–H groups in total. The van der Waals surface area contributed by atoms with E-state index in [4.69, 9.17) is 21.1 Å². The van der Waals surface area contributed by atoms with Crippen LogP contribution >= 0.6 is 11.6 Å². The van der Waals surface area contributed by atoms with Crippen LogP contribution in [-0.4, -0.2) is 17.1 Å². The summed E-state index contributed by atoms with van der Waals surface area (Å²) in [6, 6.07) is 8.81. The molecule has 0 saturated carbocycles. The molecule has 0 amide bonds. The predicted octanol–water partition coefficient (Wildman–Crippen LogP) is 3.54. The summed E-state index contributed by atoms with van der Waals surface area (Å²) in [5, 5.41) is 20.5. The van der Waals surface area contributed by atoms with Crippen molar-refractivity contribution in [3.05, 3.63) is 57.1 Å². The first-order valence-electron chi connectivity index (χ1n) is 5.94. The van der Waals surface area contributed by atoms with Crippen LogP contribution in [0.15, 0.2) is 36.4 Å². The maximum atomic E-state index is 10.7. The Bertz CT molecular complexity index is 674. The minimum atomic E-state index is -0.523. The fourth-order valence-electron chi connectivity index (χ4n) is 1.73. The number of ether oxygens (including phenoxy) is 2. The van der Waals surface area contributed by atoms with Crippen molar-refractivity contribution in [2.24, 2.45) is 0 Å². The van der Waals surface area contributed by atoms with Crippen molar-refractivity contribution >= 4 is 17.3 Å². The molecule has 0 unspecified atom stereocenters. The number of benzene rings is 2. The number of hydrogen-bond donors (Lipinski definition) is 1. The molecule has 0 saturated heterocycles. The maximum Gasteiger partial charge on any atom is 0.273 e. The van der Waals surface area contributed by atoms with Gasteiger partial charge in [-0.2, -0.15) is 0 Å². The lowest BCUT2D eigenvalue weighted by Gasteiger charge is -2.13. The molecule has 0 spiro atoms. The van der Waals surface area contributed by atoms with Crippen LogP contribution in [-0.2, 0) is 6.61 Å². The number of aliphatic hydroxyl groups is 1. The van der Waals surface area contributed by atoms with E-state index in [1.807, 2.05) is 0 Å².